The summed E-state index contributed by atoms with van der Waals surface area (Å²) in [6.45, 7) is 1.31. The van der Waals surface area contributed by atoms with Crippen LogP contribution in [0.15, 0.2) is 46.6 Å². The second kappa shape index (κ2) is 8.86. The number of carbonyl (C=O) groups is 2. The van der Waals surface area contributed by atoms with Crippen LogP contribution in [-0.2, 0) is 9.59 Å². The summed E-state index contributed by atoms with van der Waals surface area (Å²) < 4.78 is 5.21. The Morgan fingerprint density at radius 1 is 1.26 bits per heavy atom. The highest BCUT2D eigenvalue weighted by Gasteiger charge is 2.15. The van der Waals surface area contributed by atoms with Crippen LogP contribution in [-0.4, -0.2) is 23.7 Å². The second-order valence-corrected chi connectivity index (χ2v) is 5.78. The molecule has 0 saturated carbocycles. The lowest BCUT2D eigenvalue weighted by Crippen LogP contribution is -2.15. The van der Waals surface area contributed by atoms with Crippen molar-refractivity contribution in [2.45, 2.75) is 13.3 Å². The number of nitro benzene ring substituents is 1. The maximum atomic E-state index is 11.9. The fourth-order valence-electron chi connectivity index (χ4n) is 2.13. The SMILES string of the molecule is COc1cccc(N=Nc2ccc([N+](=O)[O-])c(Cl)c2)c1NC(=O)CC(C)=O. The Bertz CT molecular complexity index is 930. The van der Waals surface area contributed by atoms with E-state index in [-0.39, 0.29) is 40.0 Å². The number of nitro groups is 1. The number of methoxy groups -OCH3 is 1. The summed E-state index contributed by atoms with van der Waals surface area (Å²) in [7, 11) is 1.42. The Kier molecular flexibility index (Phi) is 6.56. The Morgan fingerprint density at radius 2 is 2.00 bits per heavy atom. The van der Waals surface area contributed by atoms with Crippen LogP contribution in [0.2, 0.25) is 5.02 Å². The number of para-hydroxylation sites is 1. The zero-order chi connectivity index (χ0) is 20.0. The number of ketones is 1. The monoisotopic (exact) mass is 390 g/mol. The van der Waals surface area contributed by atoms with E-state index in [1.165, 1.54) is 32.2 Å². The van der Waals surface area contributed by atoms with Gasteiger partial charge in [-0.1, -0.05) is 17.7 Å². The molecule has 0 spiro atoms. The molecule has 2 rings (SSSR count). The fourth-order valence-corrected chi connectivity index (χ4v) is 2.37. The van der Waals surface area contributed by atoms with Crippen molar-refractivity contribution in [2.24, 2.45) is 10.2 Å². The first kappa shape index (κ1) is 20.0. The lowest BCUT2D eigenvalue weighted by atomic mass is 10.2. The summed E-state index contributed by atoms with van der Waals surface area (Å²) in [5, 5.41) is 21.3. The molecule has 1 N–H and O–H groups in total. The molecule has 0 heterocycles. The van der Waals surface area contributed by atoms with Crippen LogP contribution in [0.1, 0.15) is 13.3 Å². The van der Waals surface area contributed by atoms with E-state index in [2.05, 4.69) is 15.5 Å². The number of anilines is 1. The van der Waals surface area contributed by atoms with Crippen LogP contribution in [0.4, 0.5) is 22.7 Å². The number of hydrogen-bond acceptors (Lipinski definition) is 7. The minimum Gasteiger partial charge on any atom is -0.494 e. The maximum absolute atomic E-state index is 11.9. The number of benzene rings is 2. The van der Waals surface area contributed by atoms with E-state index in [1.54, 1.807) is 18.2 Å². The number of rotatable bonds is 7. The number of hydrogen-bond donors (Lipinski definition) is 1. The van der Waals surface area contributed by atoms with Crippen LogP contribution in [0, 0.1) is 10.1 Å². The Hall–Kier alpha value is -3.33. The van der Waals surface area contributed by atoms with Gasteiger partial charge >= 0.3 is 0 Å². The molecule has 2 aromatic rings. The molecule has 0 bridgehead atoms. The van der Waals surface area contributed by atoms with Gasteiger partial charge in [-0.05, 0) is 31.2 Å². The topological polar surface area (TPSA) is 123 Å². The lowest BCUT2D eigenvalue weighted by molar-refractivity contribution is -0.384. The van der Waals surface area contributed by atoms with E-state index in [9.17, 15) is 19.7 Å². The highest BCUT2D eigenvalue weighted by atomic mass is 35.5. The minimum atomic E-state index is -0.603. The third kappa shape index (κ3) is 5.32. The van der Waals surface area contributed by atoms with Crippen LogP contribution in [0.3, 0.4) is 0 Å². The van der Waals surface area contributed by atoms with Crippen molar-refractivity contribution in [3.63, 3.8) is 0 Å². The van der Waals surface area contributed by atoms with Gasteiger partial charge < -0.3 is 10.1 Å². The number of nitrogens with zero attached hydrogens (tertiary/aromatic N) is 3. The van der Waals surface area contributed by atoms with E-state index >= 15 is 0 Å². The van der Waals surface area contributed by atoms with Crippen molar-refractivity contribution in [2.75, 3.05) is 12.4 Å². The Labute approximate surface area is 159 Å². The largest absolute Gasteiger partial charge is 0.494 e. The summed E-state index contributed by atoms with van der Waals surface area (Å²) >= 11 is 5.85. The number of nitrogens with one attached hydrogen (secondary N) is 1. The third-order valence-corrected chi connectivity index (χ3v) is 3.60. The van der Waals surface area contributed by atoms with Gasteiger partial charge in [0.15, 0.2) is 0 Å². The quantitative estimate of drug-likeness (QED) is 0.320. The number of amides is 1. The molecule has 10 heteroatoms. The average molecular weight is 391 g/mol. The summed E-state index contributed by atoms with van der Waals surface area (Å²) in [5.74, 6) is -0.460. The predicted molar refractivity (Wildman–Crippen MR) is 99.2 cm³/mol. The van der Waals surface area contributed by atoms with Crippen molar-refractivity contribution >= 4 is 46.0 Å². The molecule has 0 atom stereocenters. The van der Waals surface area contributed by atoms with Gasteiger partial charge in [-0.15, -0.1) is 5.11 Å². The van der Waals surface area contributed by atoms with Gasteiger partial charge in [-0.25, -0.2) is 0 Å². The molecule has 140 valence electrons. The van der Waals surface area contributed by atoms with E-state index in [0.29, 0.717) is 5.75 Å². The molecule has 0 aromatic heterocycles. The molecule has 0 aliphatic rings. The van der Waals surface area contributed by atoms with Gasteiger partial charge in [-0.3, -0.25) is 19.7 Å². The molecule has 2 aromatic carbocycles. The standard InChI is InChI=1S/C17H15ClN4O5/c1-10(23)8-16(24)19-17-13(4-3-5-15(17)27-2)21-20-11-6-7-14(22(25)26)12(18)9-11/h3-7,9H,8H2,1-2H3,(H,19,24). The van der Waals surface area contributed by atoms with Gasteiger partial charge in [0.25, 0.3) is 5.69 Å². The van der Waals surface area contributed by atoms with Crippen LogP contribution in [0.25, 0.3) is 0 Å². The van der Waals surface area contributed by atoms with E-state index in [0.717, 1.165) is 0 Å². The first-order valence-electron chi connectivity index (χ1n) is 7.63. The molecule has 0 radical (unpaired) electrons. The first-order chi connectivity index (χ1) is 12.8. The van der Waals surface area contributed by atoms with Crippen LogP contribution >= 0.6 is 11.6 Å². The summed E-state index contributed by atoms with van der Waals surface area (Å²) in [5.41, 5.74) is 0.576. The van der Waals surface area contributed by atoms with E-state index in [4.69, 9.17) is 16.3 Å². The minimum absolute atomic E-state index is 0.0722. The van der Waals surface area contributed by atoms with Crippen LogP contribution < -0.4 is 10.1 Å². The molecule has 0 saturated heterocycles. The number of Topliss-reactive ketones (excluding diaryl/α,β-unsaturated/α-hetero) is 1. The third-order valence-electron chi connectivity index (χ3n) is 3.30. The summed E-state index contributed by atoms with van der Waals surface area (Å²) in [6, 6.07) is 8.76. The highest BCUT2D eigenvalue weighted by molar-refractivity contribution is 6.32. The smallest absolute Gasteiger partial charge is 0.288 e. The average Bonchev–Trinajstić information content (AvgIpc) is 2.59. The second-order valence-electron chi connectivity index (χ2n) is 5.37. The Balaban J connectivity index is 2.34. The molecule has 0 unspecified atom stereocenters. The molecule has 0 aliphatic carbocycles. The zero-order valence-electron chi connectivity index (χ0n) is 14.4. The molecule has 0 fully saturated rings. The summed E-state index contributed by atoms with van der Waals surface area (Å²) in [4.78, 5) is 33.2. The van der Waals surface area contributed by atoms with E-state index < -0.39 is 10.8 Å². The molecule has 9 nitrogen and oxygen atoms in total. The molecule has 27 heavy (non-hydrogen) atoms. The number of carbonyl (C=O) groups excluding carboxylic acids is 2. The van der Waals surface area contributed by atoms with Gasteiger partial charge in [0.1, 0.15) is 27.9 Å². The first-order valence-corrected chi connectivity index (χ1v) is 8.01. The maximum Gasteiger partial charge on any atom is 0.288 e. The fraction of sp³-hybridized carbons (Fsp3) is 0.176. The van der Waals surface area contributed by atoms with Crippen molar-refractivity contribution in [1.29, 1.82) is 0 Å². The molecular formula is C17H15ClN4O5. The molecular weight excluding hydrogens is 376 g/mol. The van der Waals surface area contributed by atoms with E-state index in [1.807, 2.05) is 0 Å². The molecule has 1 amide bonds. The van der Waals surface area contributed by atoms with Gasteiger partial charge in [0.05, 0.1) is 24.1 Å². The number of halogens is 1. The van der Waals surface area contributed by atoms with Gasteiger partial charge in [0.2, 0.25) is 5.91 Å². The number of azo groups is 1. The Morgan fingerprint density at radius 3 is 2.59 bits per heavy atom. The number of ether oxygens (including phenoxy) is 1. The van der Waals surface area contributed by atoms with Gasteiger partial charge in [-0.2, -0.15) is 5.11 Å². The van der Waals surface area contributed by atoms with Crippen molar-refractivity contribution in [3.05, 3.63) is 51.5 Å². The lowest BCUT2D eigenvalue weighted by Gasteiger charge is -2.11. The van der Waals surface area contributed by atoms with Crippen LogP contribution in [0.5, 0.6) is 5.75 Å². The summed E-state index contributed by atoms with van der Waals surface area (Å²) in [6.07, 6.45) is -0.285. The predicted octanol–water partition coefficient (Wildman–Crippen LogP) is 4.59. The highest BCUT2D eigenvalue weighted by Crippen LogP contribution is 2.36. The van der Waals surface area contributed by atoms with Crippen molar-refractivity contribution < 1.29 is 19.2 Å². The van der Waals surface area contributed by atoms with Crippen molar-refractivity contribution in [1.82, 2.24) is 0 Å². The van der Waals surface area contributed by atoms with Gasteiger partial charge in [0, 0.05) is 6.07 Å². The zero-order valence-corrected chi connectivity index (χ0v) is 15.2. The van der Waals surface area contributed by atoms with Crippen molar-refractivity contribution in [3.8, 4) is 5.75 Å². The normalized spacial score (nSPS) is 10.6. The molecule has 0 aliphatic heterocycles.